The highest BCUT2D eigenvalue weighted by Gasteiger charge is 2.50. The quantitative estimate of drug-likeness (QED) is 0.832. The molecule has 1 aliphatic heterocycles. The third-order valence-corrected chi connectivity index (χ3v) is 7.02. The van der Waals surface area contributed by atoms with E-state index >= 15 is 0 Å². The first-order chi connectivity index (χ1) is 12.6. The molecule has 0 saturated heterocycles. The van der Waals surface area contributed by atoms with Gasteiger partial charge in [0.05, 0.1) is 7.11 Å². The highest BCUT2D eigenvalue weighted by atomic mass is 16.6. The molecule has 6 rings (SSSR count). The Morgan fingerprint density at radius 3 is 2.35 bits per heavy atom. The Bertz CT molecular complexity index is 686. The van der Waals surface area contributed by atoms with E-state index in [0.29, 0.717) is 53.9 Å². The van der Waals surface area contributed by atoms with E-state index in [1.807, 2.05) is 18.0 Å². The summed E-state index contributed by atoms with van der Waals surface area (Å²) in [6.45, 7) is 1.00. The summed E-state index contributed by atoms with van der Waals surface area (Å²) in [6.07, 6.45) is 6.65. The largest absolute Gasteiger partial charge is 0.493 e. The Balaban J connectivity index is 1.43. The fraction of sp³-hybridized carbons (Fsp3) is 0.667. The van der Waals surface area contributed by atoms with E-state index in [1.165, 1.54) is 32.1 Å². The van der Waals surface area contributed by atoms with Crippen LogP contribution in [0.25, 0.3) is 0 Å². The molecule has 4 saturated carbocycles. The number of carbonyl (C=O) groups is 1. The van der Waals surface area contributed by atoms with Crippen molar-refractivity contribution in [2.24, 2.45) is 23.7 Å². The van der Waals surface area contributed by atoms with Gasteiger partial charge in [-0.2, -0.15) is 0 Å². The molecule has 1 amide bonds. The number of ether oxygens (including phenoxy) is 3. The minimum atomic E-state index is 0.0674. The molecule has 4 aliphatic carbocycles. The van der Waals surface area contributed by atoms with Gasteiger partial charge in [0.15, 0.2) is 11.5 Å². The first-order valence-electron chi connectivity index (χ1n) is 9.88. The van der Waals surface area contributed by atoms with Gasteiger partial charge in [-0.05, 0) is 67.9 Å². The van der Waals surface area contributed by atoms with Crippen molar-refractivity contribution in [2.75, 3.05) is 27.4 Å². The van der Waals surface area contributed by atoms with Gasteiger partial charge >= 0.3 is 0 Å². The topological polar surface area (TPSA) is 48.0 Å². The normalized spacial score (nSPS) is 33.8. The molecular weight excluding hydrogens is 330 g/mol. The van der Waals surface area contributed by atoms with Crippen LogP contribution in [0.5, 0.6) is 17.2 Å². The number of benzene rings is 1. The molecule has 140 valence electrons. The van der Waals surface area contributed by atoms with Crippen molar-refractivity contribution < 1.29 is 19.0 Å². The van der Waals surface area contributed by atoms with Gasteiger partial charge in [0, 0.05) is 18.7 Å². The van der Waals surface area contributed by atoms with E-state index in [-0.39, 0.29) is 5.91 Å². The molecule has 0 spiro atoms. The standard InChI is InChI=1S/C21H27NO4/c1-22(19-14-6-12-5-13(8-14)9-15(19)7-12)21(23)16-10-17(24-2)20-18(11-16)25-3-4-26-20/h10-15,19H,3-9H2,1-2H3. The first kappa shape index (κ1) is 16.3. The zero-order valence-corrected chi connectivity index (χ0v) is 15.6. The molecule has 1 aromatic carbocycles. The van der Waals surface area contributed by atoms with E-state index < -0.39 is 0 Å². The minimum Gasteiger partial charge on any atom is -0.493 e. The van der Waals surface area contributed by atoms with Gasteiger partial charge in [-0.15, -0.1) is 0 Å². The van der Waals surface area contributed by atoms with Crippen molar-refractivity contribution in [1.29, 1.82) is 0 Å². The highest BCUT2D eigenvalue weighted by Crippen LogP contribution is 2.55. The summed E-state index contributed by atoms with van der Waals surface area (Å²) < 4.78 is 16.8. The van der Waals surface area contributed by atoms with Crippen LogP contribution >= 0.6 is 0 Å². The van der Waals surface area contributed by atoms with Gasteiger partial charge in [-0.3, -0.25) is 4.79 Å². The number of hydrogen-bond acceptors (Lipinski definition) is 4. The summed E-state index contributed by atoms with van der Waals surface area (Å²) in [6, 6.07) is 3.99. The molecule has 4 bridgehead atoms. The summed E-state index contributed by atoms with van der Waals surface area (Å²) in [5.41, 5.74) is 0.627. The van der Waals surface area contributed by atoms with Crippen LogP contribution in [0.4, 0.5) is 0 Å². The third-order valence-electron chi connectivity index (χ3n) is 7.02. The van der Waals surface area contributed by atoms with Crippen molar-refractivity contribution >= 4 is 5.91 Å². The fourth-order valence-electron chi connectivity index (χ4n) is 6.26. The second kappa shape index (κ2) is 6.07. The number of nitrogens with zero attached hydrogens (tertiary/aromatic N) is 1. The van der Waals surface area contributed by atoms with E-state index in [2.05, 4.69) is 0 Å². The maximum Gasteiger partial charge on any atom is 0.254 e. The van der Waals surface area contributed by atoms with Gasteiger partial charge in [-0.1, -0.05) is 0 Å². The molecule has 0 unspecified atom stereocenters. The average Bonchev–Trinajstić information content (AvgIpc) is 2.65. The first-order valence-corrected chi connectivity index (χ1v) is 9.88. The van der Waals surface area contributed by atoms with Crippen molar-refractivity contribution in [3.8, 4) is 17.2 Å². The highest BCUT2D eigenvalue weighted by molar-refractivity contribution is 5.95. The zero-order chi connectivity index (χ0) is 17.8. The van der Waals surface area contributed by atoms with E-state index in [0.717, 1.165) is 11.8 Å². The monoisotopic (exact) mass is 357 g/mol. The number of hydrogen-bond donors (Lipinski definition) is 0. The molecule has 0 N–H and O–H groups in total. The Morgan fingerprint density at radius 1 is 1.04 bits per heavy atom. The number of rotatable bonds is 3. The Hall–Kier alpha value is -1.91. The van der Waals surface area contributed by atoms with Gasteiger partial charge in [0.1, 0.15) is 13.2 Å². The Labute approximate surface area is 154 Å². The SMILES string of the molecule is COc1cc(C(=O)N(C)C2C3CC4CC(C3)CC2C4)cc2c1OCCO2. The average molecular weight is 357 g/mol. The van der Waals surface area contributed by atoms with Crippen molar-refractivity contribution in [3.63, 3.8) is 0 Å². The van der Waals surface area contributed by atoms with Crippen LogP contribution < -0.4 is 14.2 Å². The molecule has 0 radical (unpaired) electrons. The lowest BCUT2D eigenvalue weighted by molar-refractivity contribution is -0.0491. The van der Waals surface area contributed by atoms with Crippen LogP contribution in [0, 0.1) is 23.7 Å². The van der Waals surface area contributed by atoms with Gasteiger partial charge in [-0.25, -0.2) is 0 Å². The zero-order valence-electron chi connectivity index (χ0n) is 15.6. The molecule has 0 aromatic heterocycles. The number of fused-ring (bicyclic) bond motifs is 1. The molecule has 0 atom stereocenters. The van der Waals surface area contributed by atoms with Crippen LogP contribution in [0.2, 0.25) is 0 Å². The van der Waals surface area contributed by atoms with Crippen LogP contribution in [0.15, 0.2) is 12.1 Å². The smallest absolute Gasteiger partial charge is 0.254 e. The lowest BCUT2D eigenvalue weighted by Crippen LogP contribution is -2.56. The van der Waals surface area contributed by atoms with Crippen molar-refractivity contribution in [1.82, 2.24) is 4.90 Å². The maximum atomic E-state index is 13.3. The molecule has 1 aromatic rings. The molecule has 5 aliphatic rings. The van der Waals surface area contributed by atoms with Crippen LogP contribution in [-0.4, -0.2) is 44.2 Å². The molecule has 5 heteroatoms. The number of methoxy groups -OCH3 is 1. The lowest BCUT2D eigenvalue weighted by Gasteiger charge is -2.56. The van der Waals surface area contributed by atoms with Crippen LogP contribution in [-0.2, 0) is 0 Å². The predicted octanol–water partition coefficient (Wildman–Crippen LogP) is 3.36. The van der Waals surface area contributed by atoms with E-state index in [4.69, 9.17) is 14.2 Å². The lowest BCUT2D eigenvalue weighted by atomic mass is 9.54. The molecule has 26 heavy (non-hydrogen) atoms. The second-order valence-corrected chi connectivity index (χ2v) is 8.54. The predicted molar refractivity (Wildman–Crippen MR) is 96.9 cm³/mol. The summed E-state index contributed by atoms with van der Waals surface area (Å²) >= 11 is 0. The van der Waals surface area contributed by atoms with E-state index in [9.17, 15) is 4.79 Å². The minimum absolute atomic E-state index is 0.0674. The van der Waals surface area contributed by atoms with E-state index in [1.54, 1.807) is 13.2 Å². The summed E-state index contributed by atoms with van der Waals surface area (Å²) in [7, 11) is 3.59. The third kappa shape index (κ3) is 2.47. The number of carbonyl (C=O) groups excluding carboxylic acids is 1. The molecule has 4 fully saturated rings. The summed E-state index contributed by atoms with van der Waals surface area (Å²) in [4.78, 5) is 15.3. The second-order valence-electron chi connectivity index (χ2n) is 8.54. The Morgan fingerprint density at radius 2 is 1.69 bits per heavy atom. The van der Waals surface area contributed by atoms with Crippen molar-refractivity contribution in [2.45, 2.75) is 38.1 Å². The molecular formula is C21H27NO4. The Kier molecular flexibility index (Phi) is 3.80. The van der Waals surface area contributed by atoms with Gasteiger partial charge < -0.3 is 19.1 Å². The number of amides is 1. The van der Waals surface area contributed by atoms with Crippen molar-refractivity contribution in [3.05, 3.63) is 17.7 Å². The fourth-order valence-corrected chi connectivity index (χ4v) is 6.26. The van der Waals surface area contributed by atoms with Gasteiger partial charge in [0.25, 0.3) is 5.91 Å². The summed E-state index contributed by atoms with van der Waals surface area (Å²) in [5.74, 6) is 5.03. The van der Waals surface area contributed by atoms with Gasteiger partial charge in [0.2, 0.25) is 5.75 Å². The van der Waals surface area contributed by atoms with Crippen LogP contribution in [0.1, 0.15) is 42.5 Å². The summed E-state index contributed by atoms with van der Waals surface area (Å²) in [5, 5.41) is 0. The van der Waals surface area contributed by atoms with Crippen LogP contribution in [0.3, 0.4) is 0 Å². The molecule has 1 heterocycles. The molecule has 5 nitrogen and oxygen atoms in total. The maximum absolute atomic E-state index is 13.3.